The molecule has 1 atom stereocenters. The lowest BCUT2D eigenvalue weighted by Gasteiger charge is -2.27. The average molecular weight is 327 g/mol. The number of aliphatic hydroxyl groups is 1. The second-order valence-corrected chi connectivity index (χ2v) is 6.76. The number of hydrogen-bond acceptors (Lipinski definition) is 3. The van der Waals surface area contributed by atoms with Crippen molar-refractivity contribution in [3.8, 4) is 0 Å². The van der Waals surface area contributed by atoms with Gasteiger partial charge in [0.2, 0.25) is 0 Å². The SMILES string of the molecule is COCC(O)(Cc1ccc(Br)s1)c1ccccc1. The minimum atomic E-state index is -0.972. The molecule has 1 N–H and O–H groups in total. The van der Waals surface area contributed by atoms with E-state index in [0.717, 1.165) is 14.2 Å². The van der Waals surface area contributed by atoms with Gasteiger partial charge in [-0.3, -0.25) is 0 Å². The molecule has 2 nitrogen and oxygen atoms in total. The molecule has 0 aliphatic carbocycles. The fourth-order valence-electron chi connectivity index (χ4n) is 1.96. The van der Waals surface area contributed by atoms with Crippen LogP contribution in [0.25, 0.3) is 0 Å². The van der Waals surface area contributed by atoms with Crippen LogP contribution in [0.15, 0.2) is 46.3 Å². The predicted molar refractivity (Wildman–Crippen MR) is 77.9 cm³/mol. The van der Waals surface area contributed by atoms with Crippen molar-refractivity contribution in [2.45, 2.75) is 12.0 Å². The zero-order valence-corrected chi connectivity index (χ0v) is 12.5. The number of benzene rings is 1. The van der Waals surface area contributed by atoms with Crippen molar-refractivity contribution < 1.29 is 9.84 Å². The summed E-state index contributed by atoms with van der Waals surface area (Å²) < 4.78 is 6.26. The van der Waals surface area contributed by atoms with E-state index in [-0.39, 0.29) is 6.61 Å². The summed E-state index contributed by atoms with van der Waals surface area (Å²) in [7, 11) is 1.61. The Kier molecular flexibility index (Phi) is 4.56. The number of hydrogen-bond donors (Lipinski definition) is 1. The molecule has 0 fully saturated rings. The maximum Gasteiger partial charge on any atom is 0.118 e. The fraction of sp³-hybridized carbons (Fsp3) is 0.286. The van der Waals surface area contributed by atoms with E-state index in [1.54, 1.807) is 18.4 Å². The van der Waals surface area contributed by atoms with E-state index in [9.17, 15) is 5.11 Å². The molecule has 2 aromatic rings. The van der Waals surface area contributed by atoms with Crippen molar-refractivity contribution in [3.05, 3.63) is 56.7 Å². The molecule has 2 rings (SSSR count). The summed E-state index contributed by atoms with van der Waals surface area (Å²) in [5, 5.41) is 10.8. The van der Waals surface area contributed by atoms with Crippen LogP contribution in [0.5, 0.6) is 0 Å². The predicted octanol–water partition coefficient (Wildman–Crippen LogP) is 3.59. The van der Waals surface area contributed by atoms with E-state index in [4.69, 9.17) is 4.74 Å². The first-order valence-corrected chi connectivity index (χ1v) is 7.26. The van der Waals surface area contributed by atoms with Crippen LogP contribution in [-0.2, 0) is 16.8 Å². The Morgan fingerprint density at radius 2 is 1.94 bits per heavy atom. The molecule has 1 aromatic heterocycles. The van der Waals surface area contributed by atoms with Crippen LogP contribution >= 0.6 is 27.3 Å². The van der Waals surface area contributed by atoms with Gasteiger partial charge in [-0.1, -0.05) is 30.3 Å². The third-order valence-corrected chi connectivity index (χ3v) is 4.41. The first-order valence-electron chi connectivity index (χ1n) is 5.65. The van der Waals surface area contributed by atoms with E-state index in [1.807, 2.05) is 42.5 Å². The Morgan fingerprint density at radius 1 is 1.22 bits per heavy atom. The van der Waals surface area contributed by atoms with Crippen molar-refractivity contribution in [1.29, 1.82) is 0 Å². The van der Waals surface area contributed by atoms with Gasteiger partial charge in [-0.25, -0.2) is 0 Å². The van der Waals surface area contributed by atoms with Gasteiger partial charge in [0.1, 0.15) is 5.60 Å². The van der Waals surface area contributed by atoms with Crippen molar-refractivity contribution in [1.82, 2.24) is 0 Å². The third kappa shape index (κ3) is 3.20. The molecule has 0 spiro atoms. The maximum atomic E-state index is 10.8. The normalized spacial score (nSPS) is 14.4. The van der Waals surface area contributed by atoms with Gasteiger partial charge in [-0.2, -0.15) is 0 Å². The Bertz CT molecular complexity index is 498. The van der Waals surface area contributed by atoms with E-state index >= 15 is 0 Å². The van der Waals surface area contributed by atoms with Gasteiger partial charge in [-0.05, 0) is 33.6 Å². The average Bonchev–Trinajstić information content (AvgIpc) is 2.76. The van der Waals surface area contributed by atoms with E-state index < -0.39 is 5.60 Å². The van der Waals surface area contributed by atoms with Crippen LogP contribution in [0.2, 0.25) is 0 Å². The van der Waals surface area contributed by atoms with Gasteiger partial charge in [0.15, 0.2) is 0 Å². The molecule has 0 aliphatic rings. The molecule has 0 radical (unpaired) electrons. The van der Waals surface area contributed by atoms with Crippen LogP contribution in [0.3, 0.4) is 0 Å². The molecule has 0 bridgehead atoms. The zero-order chi connectivity index (χ0) is 13.0. The summed E-state index contributed by atoms with van der Waals surface area (Å²) in [6, 6.07) is 13.7. The van der Waals surface area contributed by atoms with E-state index in [2.05, 4.69) is 15.9 Å². The molecule has 0 aliphatic heterocycles. The maximum absolute atomic E-state index is 10.8. The molecule has 18 heavy (non-hydrogen) atoms. The summed E-state index contributed by atoms with van der Waals surface area (Å²) in [5.74, 6) is 0. The van der Waals surface area contributed by atoms with Crippen LogP contribution in [0.1, 0.15) is 10.4 Å². The summed E-state index contributed by atoms with van der Waals surface area (Å²) in [4.78, 5) is 1.13. The monoisotopic (exact) mass is 326 g/mol. The van der Waals surface area contributed by atoms with Crippen LogP contribution in [-0.4, -0.2) is 18.8 Å². The summed E-state index contributed by atoms with van der Waals surface area (Å²) >= 11 is 5.08. The van der Waals surface area contributed by atoms with E-state index in [1.165, 1.54) is 0 Å². The molecular formula is C14H15BrO2S. The molecule has 0 saturated heterocycles. The fourth-order valence-corrected chi connectivity index (χ4v) is 3.55. The van der Waals surface area contributed by atoms with Gasteiger partial charge in [0.05, 0.1) is 10.4 Å². The zero-order valence-electron chi connectivity index (χ0n) is 10.1. The Morgan fingerprint density at radius 3 is 2.50 bits per heavy atom. The topological polar surface area (TPSA) is 29.5 Å². The molecule has 1 unspecified atom stereocenters. The van der Waals surface area contributed by atoms with Crippen molar-refractivity contribution in [2.24, 2.45) is 0 Å². The van der Waals surface area contributed by atoms with Gasteiger partial charge in [0, 0.05) is 18.4 Å². The molecule has 1 aromatic carbocycles. The lowest BCUT2D eigenvalue weighted by Crippen LogP contribution is -2.33. The summed E-state index contributed by atoms with van der Waals surface area (Å²) in [6.45, 7) is 0.284. The molecule has 96 valence electrons. The lowest BCUT2D eigenvalue weighted by atomic mass is 9.90. The third-order valence-electron chi connectivity index (χ3n) is 2.79. The van der Waals surface area contributed by atoms with Crippen molar-refractivity contribution in [3.63, 3.8) is 0 Å². The smallest absolute Gasteiger partial charge is 0.118 e. The first kappa shape index (κ1) is 13.7. The molecule has 4 heteroatoms. The Labute approximate surface area is 119 Å². The highest BCUT2D eigenvalue weighted by atomic mass is 79.9. The van der Waals surface area contributed by atoms with Gasteiger partial charge in [-0.15, -0.1) is 11.3 Å². The second-order valence-electron chi connectivity index (χ2n) is 4.21. The van der Waals surface area contributed by atoms with Crippen LogP contribution in [0.4, 0.5) is 0 Å². The van der Waals surface area contributed by atoms with Gasteiger partial charge >= 0.3 is 0 Å². The van der Waals surface area contributed by atoms with E-state index in [0.29, 0.717) is 6.42 Å². The van der Waals surface area contributed by atoms with Crippen LogP contribution in [0, 0.1) is 0 Å². The summed E-state index contributed by atoms with van der Waals surface area (Å²) in [5.41, 5.74) is -0.0864. The highest BCUT2D eigenvalue weighted by Gasteiger charge is 2.30. The number of ether oxygens (including phenoxy) is 1. The minimum Gasteiger partial charge on any atom is -0.382 e. The standard InChI is InChI=1S/C14H15BrO2S/c1-17-10-14(16,11-5-3-2-4-6-11)9-12-7-8-13(15)18-12/h2-8,16H,9-10H2,1H3. The second kappa shape index (κ2) is 5.97. The van der Waals surface area contributed by atoms with Crippen LogP contribution < -0.4 is 0 Å². The van der Waals surface area contributed by atoms with Crippen molar-refractivity contribution >= 4 is 27.3 Å². The lowest BCUT2D eigenvalue weighted by molar-refractivity contribution is -0.0349. The van der Waals surface area contributed by atoms with Crippen molar-refractivity contribution in [2.75, 3.05) is 13.7 Å². The molecular weight excluding hydrogens is 312 g/mol. The highest BCUT2D eigenvalue weighted by Crippen LogP contribution is 2.31. The first-order chi connectivity index (χ1) is 8.64. The number of halogens is 1. The largest absolute Gasteiger partial charge is 0.382 e. The van der Waals surface area contributed by atoms with Gasteiger partial charge < -0.3 is 9.84 Å². The highest BCUT2D eigenvalue weighted by molar-refractivity contribution is 9.11. The number of rotatable bonds is 5. The Balaban J connectivity index is 2.26. The molecule has 0 saturated carbocycles. The number of methoxy groups -OCH3 is 1. The molecule has 0 amide bonds. The Hall–Kier alpha value is -0.680. The molecule has 1 heterocycles. The number of thiophene rings is 1. The quantitative estimate of drug-likeness (QED) is 0.909. The summed E-state index contributed by atoms with van der Waals surface area (Å²) in [6.07, 6.45) is 0.557. The van der Waals surface area contributed by atoms with Gasteiger partial charge in [0.25, 0.3) is 0 Å². The minimum absolute atomic E-state index is 0.284.